The highest BCUT2D eigenvalue weighted by Gasteiger charge is 2.47. The fourth-order valence-corrected chi connectivity index (χ4v) is 3.91. The van der Waals surface area contributed by atoms with Gasteiger partial charge in [0, 0.05) is 43.6 Å². The summed E-state index contributed by atoms with van der Waals surface area (Å²) in [5.41, 5.74) is 3.71. The average molecular weight is 322 g/mol. The van der Waals surface area contributed by atoms with Crippen LogP contribution in [0.1, 0.15) is 33.9 Å². The highest BCUT2D eigenvalue weighted by atomic mass is 16.2. The third-order valence-electron chi connectivity index (χ3n) is 5.05. The first-order chi connectivity index (χ1) is 11.6. The van der Waals surface area contributed by atoms with E-state index in [9.17, 15) is 4.79 Å². The molecule has 5 heterocycles. The third-order valence-corrected chi connectivity index (χ3v) is 5.05. The van der Waals surface area contributed by atoms with Crippen molar-refractivity contribution in [1.29, 1.82) is 0 Å². The van der Waals surface area contributed by atoms with Gasteiger partial charge >= 0.3 is 0 Å². The summed E-state index contributed by atoms with van der Waals surface area (Å²) >= 11 is 0. The van der Waals surface area contributed by atoms with Crippen molar-refractivity contribution in [2.24, 2.45) is 0 Å². The number of aryl methyl sites for hydroxylation is 2. The van der Waals surface area contributed by atoms with Crippen molar-refractivity contribution in [1.82, 2.24) is 19.8 Å². The second-order valence-electron chi connectivity index (χ2n) is 6.89. The van der Waals surface area contributed by atoms with Crippen LogP contribution in [0.15, 0.2) is 36.5 Å². The number of hydrogen-bond acceptors (Lipinski definition) is 4. The lowest BCUT2D eigenvalue weighted by Gasteiger charge is -2.56. The fraction of sp³-hybridized carbons (Fsp3) is 0.421. The molecule has 0 radical (unpaired) electrons. The van der Waals surface area contributed by atoms with Gasteiger partial charge in [-0.05, 0) is 44.0 Å². The molecule has 2 bridgehead atoms. The zero-order valence-corrected chi connectivity index (χ0v) is 14.1. The molecule has 24 heavy (non-hydrogen) atoms. The van der Waals surface area contributed by atoms with Gasteiger partial charge in [-0.1, -0.05) is 12.1 Å². The molecule has 1 amide bonds. The quantitative estimate of drug-likeness (QED) is 0.869. The lowest BCUT2D eigenvalue weighted by atomic mass is 9.86. The number of pyridine rings is 2. The lowest BCUT2D eigenvalue weighted by molar-refractivity contribution is -0.0506. The summed E-state index contributed by atoms with van der Waals surface area (Å²) < 4.78 is 0. The molecule has 5 nitrogen and oxygen atoms in total. The Kier molecular flexibility index (Phi) is 3.81. The maximum absolute atomic E-state index is 12.8. The molecule has 124 valence electrons. The second-order valence-corrected chi connectivity index (χ2v) is 6.89. The Balaban J connectivity index is 1.43. The lowest BCUT2D eigenvalue weighted by Crippen LogP contribution is -2.70. The van der Waals surface area contributed by atoms with E-state index in [1.807, 2.05) is 36.9 Å². The van der Waals surface area contributed by atoms with Crippen LogP contribution in [0.5, 0.6) is 0 Å². The minimum Gasteiger partial charge on any atom is -0.329 e. The SMILES string of the molecule is Cc1cccc(CN2CC3CC(C2)N3C(=O)c2ncccc2C)n1. The van der Waals surface area contributed by atoms with Crippen LogP contribution in [-0.4, -0.2) is 50.8 Å². The van der Waals surface area contributed by atoms with Crippen molar-refractivity contribution in [3.05, 3.63) is 59.2 Å². The van der Waals surface area contributed by atoms with Gasteiger partial charge < -0.3 is 4.90 Å². The molecule has 5 heteroatoms. The Bertz CT molecular complexity index is 763. The minimum atomic E-state index is 0.0858. The van der Waals surface area contributed by atoms with Gasteiger partial charge in [0.25, 0.3) is 5.91 Å². The topological polar surface area (TPSA) is 49.3 Å². The minimum absolute atomic E-state index is 0.0858. The van der Waals surface area contributed by atoms with E-state index in [0.717, 1.165) is 43.0 Å². The van der Waals surface area contributed by atoms with Crippen molar-refractivity contribution in [3.8, 4) is 0 Å². The molecule has 3 aliphatic heterocycles. The summed E-state index contributed by atoms with van der Waals surface area (Å²) in [4.78, 5) is 26.1. The molecule has 2 unspecified atom stereocenters. The number of carbonyl (C=O) groups is 1. The molecule has 2 atom stereocenters. The zero-order chi connectivity index (χ0) is 16.7. The van der Waals surface area contributed by atoms with Crippen molar-refractivity contribution in [3.63, 3.8) is 0 Å². The van der Waals surface area contributed by atoms with Crippen molar-refractivity contribution in [2.45, 2.75) is 38.9 Å². The van der Waals surface area contributed by atoms with Gasteiger partial charge in [-0.25, -0.2) is 0 Å². The van der Waals surface area contributed by atoms with E-state index in [0.29, 0.717) is 17.8 Å². The van der Waals surface area contributed by atoms with Crippen molar-refractivity contribution < 1.29 is 4.79 Å². The van der Waals surface area contributed by atoms with Gasteiger partial charge in [0.15, 0.2) is 0 Å². The van der Waals surface area contributed by atoms with Gasteiger partial charge in [0.2, 0.25) is 0 Å². The maximum atomic E-state index is 12.8. The number of piperidine rings is 1. The second kappa shape index (κ2) is 5.98. The molecule has 2 aromatic heterocycles. The number of aromatic nitrogens is 2. The highest BCUT2D eigenvalue weighted by molar-refractivity contribution is 5.94. The molecular weight excluding hydrogens is 300 g/mol. The third kappa shape index (κ3) is 2.69. The highest BCUT2D eigenvalue weighted by Crippen LogP contribution is 2.34. The Labute approximate surface area is 142 Å². The molecule has 0 N–H and O–H groups in total. The van der Waals surface area contributed by atoms with E-state index in [2.05, 4.69) is 27.0 Å². The van der Waals surface area contributed by atoms with Crippen LogP contribution in [0.2, 0.25) is 0 Å². The molecular formula is C19H22N4O. The van der Waals surface area contributed by atoms with E-state index < -0.39 is 0 Å². The van der Waals surface area contributed by atoms with Crippen LogP contribution in [0.25, 0.3) is 0 Å². The number of carbonyl (C=O) groups excluding carboxylic acids is 1. The summed E-state index contributed by atoms with van der Waals surface area (Å²) in [6.07, 6.45) is 2.81. The molecule has 0 spiro atoms. The maximum Gasteiger partial charge on any atom is 0.273 e. The number of hydrogen-bond donors (Lipinski definition) is 0. The number of amides is 1. The molecule has 0 aromatic carbocycles. The first kappa shape index (κ1) is 15.3. The van der Waals surface area contributed by atoms with Crippen molar-refractivity contribution >= 4 is 5.91 Å². The summed E-state index contributed by atoms with van der Waals surface area (Å²) in [6, 6.07) is 10.6. The summed E-state index contributed by atoms with van der Waals surface area (Å²) in [6.45, 7) is 6.67. The van der Waals surface area contributed by atoms with E-state index in [1.54, 1.807) is 6.20 Å². The fourth-order valence-electron chi connectivity index (χ4n) is 3.91. The van der Waals surface area contributed by atoms with Crippen molar-refractivity contribution in [2.75, 3.05) is 13.1 Å². The summed E-state index contributed by atoms with van der Waals surface area (Å²) in [7, 11) is 0. The van der Waals surface area contributed by atoms with Crippen LogP contribution >= 0.6 is 0 Å². The van der Waals surface area contributed by atoms with Gasteiger partial charge in [-0.2, -0.15) is 0 Å². The van der Waals surface area contributed by atoms with E-state index >= 15 is 0 Å². The molecule has 5 rings (SSSR count). The Morgan fingerprint density at radius 1 is 1.17 bits per heavy atom. The Morgan fingerprint density at radius 2 is 1.96 bits per heavy atom. The number of piperazine rings is 1. The smallest absolute Gasteiger partial charge is 0.273 e. The molecule has 2 aromatic rings. The van der Waals surface area contributed by atoms with Crippen LogP contribution in [0.4, 0.5) is 0 Å². The van der Waals surface area contributed by atoms with Crippen LogP contribution in [0.3, 0.4) is 0 Å². The molecule has 3 saturated heterocycles. The van der Waals surface area contributed by atoms with E-state index in [-0.39, 0.29) is 5.91 Å². The van der Waals surface area contributed by atoms with Crippen LogP contribution in [0, 0.1) is 13.8 Å². The van der Waals surface area contributed by atoms with Gasteiger partial charge in [-0.15, -0.1) is 0 Å². The Morgan fingerprint density at radius 3 is 2.67 bits per heavy atom. The van der Waals surface area contributed by atoms with Gasteiger partial charge in [0.1, 0.15) is 5.69 Å². The van der Waals surface area contributed by atoms with E-state index in [4.69, 9.17) is 0 Å². The number of fused-ring (bicyclic) bond motifs is 2. The first-order valence-electron chi connectivity index (χ1n) is 8.51. The standard InChI is InChI=1S/C19H22N4O/c1-13-5-4-8-20-18(13)19(24)23-16-9-17(23)12-22(11-16)10-15-7-3-6-14(2)21-15/h3-8,16-17H,9-12H2,1-2H3. The molecule has 3 aliphatic rings. The largest absolute Gasteiger partial charge is 0.329 e. The van der Waals surface area contributed by atoms with Gasteiger partial charge in [0.05, 0.1) is 5.69 Å². The monoisotopic (exact) mass is 322 g/mol. The molecule has 3 fully saturated rings. The normalized spacial score (nSPS) is 23.0. The Hall–Kier alpha value is -2.27. The molecule has 0 saturated carbocycles. The molecule has 0 aliphatic carbocycles. The summed E-state index contributed by atoms with van der Waals surface area (Å²) in [5, 5.41) is 0. The van der Waals surface area contributed by atoms with E-state index in [1.165, 1.54) is 0 Å². The number of rotatable bonds is 3. The predicted octanol–water partition coefficient (Wildman–Crippen LogP) is 2.19. The van der Waals surface area contributed by atoms with Crippen LogP contribution < -0.4 is 0 Å². The average Bonchev–Trinajstić information content (AvgIpc) is 2.55. The predicted molar refractivity (Wildman–Crippen MR) is 91.6 cm³/mol. The zero-order valence-electron chi connectivity index (χ0n) is 14.1. The number of nitrogens with zero attached hydrogens (tertiary/aromatic N) is 4. The first-order valence-corrected chi connectivity index (χ1v) is 8.51. The van der Waals surface area contributed by atoms with Gasteiger partial charge in [-0.3, -0.25) is 19.7 Å². The summed E-state index contributed by atoms with van der Waals surface area (Å²) in [5.74, 6) is 0.0858. The van der Waals surface area contributed by atoms with Crippen LogP contribution in [-0.2, 0) is 6.54 Å².